The first-order valence-corrected chi connectivity index (χ1v) is 9.21. The molecule has 0 bridgehead atoms. The molecule has 0 radical (unpaired) electrons. The lowest BCUT2D eigenvalue weighted by Crippen LogP contribution is -2.26. The van der Waals surface area contributed by atoms with E-state index in [4.69, 9.17) is 4.74 Å². The van der Waals surface area contributed by atoms with Gasteiger partial charge < -0.3 is 9.39 Å². The van der Waals surface area contributed by atoms with Crippen LogP contribution in [0.1, 0.15) is 12.5 Å². The van der Waals surface area contributed by atoms with Gasteiger partial charge in [-0.15, -0.1) is 0 Å². The second-order valence-electron chi connectivity index (χ2n) is 4.72. The fourth-order valence-corrected chi connectivity index (χ4v) is 2.25. The van der Waals surface area contributed by atoms with Crippen molar-refractivity contribution in [3.05, 3.63) is 35.9 Å². The lowest BCUT2D eigenvalue weighted by Gasteiger charge is -2.13. The third-order valence-corrected chi connectivity index (χ3v) is 2.86. The molecule has 0 aromatic heterocycles. The highest BCUT2D eigenvalue weighted by atomic mass is 28.3. The number of rotatable bonds is 4. The van der Waals surface area contributed by atoms with Crippen LogP contribution < -0.4 is 0 Å². The summed E-state index contributed by atoms with van der Waals surface area (Å²) >= 11 is 0. The molecule has 1 aromatic carbocycles. The Morgan fingerprint density at radius 2 is 1.82 bits per heavy atom. The molecule has 1 aromatic rings. The first kappa shape index (κ1) is 13.6. The van der Waals surface area contributed by atoms with E-state index in [0.29, 0.717) is 12.3 Å². The molecule has 0 fully saturated rings. The number of nitrogens with zero attached hydrogens (tertiary/aromatic N) is 1. The Labute approximate surface area is 104 Å². The number of carbonyl (C=O) groups excluding carboxylic acids is 1. The third-order valence-electron chi connectivity index (χ3n) is 1.96. The molecule has 0 saturated carbocycles. The van der Waals surface area contributed by atoms with Crippen molar-refractivity contribution < 1.29 is 9.53 Å². The zero-order valence-electron chi connectivity index (χ0n) is 10.9. The predicted molar refractivity (Wildman–Crippen MR) is 73.0 cm³/mol. The van der Waals surface area contributed by atoms with Gasteiger partial charge in [0, 0.05) is 5.56 Å². The van der Waals surface area contributed by atoms with E-state index < -0.39 is 8.24 Å². The molecule has 4 heteroatoms. The first-order chi connectivity index (χ1) is 7.94. The average Bonchev–Trinajstić information content (AvgIpc) is 2.26. The summed E-state index contributed by atoms with van der Waals surface area (Å²) in [6, 6.07) is 9.48. The average molecular weight is 249 g/mol. The van der Waals surface area contributed by atoms with Crippen molar-refractivity contribution in [2.45, 2.75) is 26.6 Å². The molecule has 3 nitrogen and oxygen atoms in total. The monoisotopic (exact) mass is 249 g/mol. The van der Waals surface area contributed by atoms with Crippen LogP contribution in [0.5, 0.6) is 0 Å². The molecule has 17 heavy (non-hydrogen) atoms. The molecule has 92 valence electrons. The normalized spacial score (nSPS) is 12.4. The minimum absolute atomic E-state index is 0.332. The smallest absolute Gasteiger partial charge is 0.356 e. The quantitative estimate of drug-likeness (QED) is 0.467. The summed E-state index contributed by atoms with van der Waals surface area (Å²) in [4.78, 5) is 11.9. The van der Waals surface area contributed by atoms with Crippen LogP contribution in [0.4, 0.5) is 0 Å². The van der Waals surface area contributed by atoms with Crippen LogP contribution in [0.15, 0.2) is 35.0 Å². The van der Waals surface area contributed by atoms with E-state index in [9.17, 15) is 4.79 Å². The van der Waals surface area contributed by atoms with Gasteiger partial charge in [-0.1, -0.05) is 30.3 Å². The van der Waals surface area contributed by atoms with Crippen LogP contribution in [-0.4, -0.2) is 26.5 Å². The highest BCUT2D eigenvalue weighted by Gasteiger charge is 2.20. The maximum Gasteiger partial charge on any atom is 0.356 e. The van der Waals surface area contributed by atoms with Crippen molar-refractivity contribution in [3.8, 4) is 0 Å². The molecule has 0 unspecified atom stereocenters. The fraction of sp³-hybridized carbons (Fsp3) is 0.385. The van der Waals surface area contributed by atoms with Crippen molar-refractivity contribution in [1.29, 1.82) is 0 Å². The van der Waals surface area contributed by atoms with E-state index in [1.54, 1.807) is 6.92 Å². The predicted octanol–water partition coefficient (Wildman–Crippen LogP) is 2.87. The molecular weight excluding hydrogens is 230 g/mol. The van der Waals surface area contributed by atoms with Crippen LogP contribution in [-0.2, 0) is 9.53 Å². The number of carbonyl (C=O) groups is 1. The van der Waals surface area contributed by atoms with Crippen LogP contribution in [0, 0.1) is 0 Å². The summed E-state index contributed by atoms with van der Waals surface area (Å²) in [5.74, 6) is -0.332. The number of hydrogen-bond acceptors (Lipinski definition) is 3. The number of ether oxygens (including phenoxy) is 1. The summed E-state index contributed by atoms with van der Waals surface area (Å²) < 4.78 is 9.64. The molecule has 0 saturated heterocycles. The van der Waals surface area contributed by atoms with Crippen molar-refractivity contribution in [1.82, 2.24) is 0 Å². The standard InChI is InChI=1S/C13H19NO2Si/c1-5-16-13(15)12(14-17(2,3)4)11-9-7-6-8-10-11/h6-10H,5H2,1-4H3/b14-12-. The minimum Gasteiger partial charge on any atom is -0.461 e. The minimum atomic E-state index is -1.71. The molecule has 0 N–H and O–H groups in total. The van der Waals surface area contributed by atoms with Gasteiger partial charge in [0.25, 0.3) is 0 Å². The third kappa shape index (κ3) is 4.52. The first-order valence-electron chi connectivity index (χ1n) is 5.76. The Morgan fingerprint density at radius 1 is 1.24 bits per heavy atom. The highest BCUT2D eigenvalue weighted by molar-refractivity contribution is 6.77. The summed E-state index contributed by atoms with van der Waals surface area (Å²) in [5.41, 5.74) is 1.28. The number of esters is 1. The largest absolute Gasteiger partial charge is 0.461 e. The zero-order valence-corrected chi connectivity index (χ0v) is 11.9. The number of benzene rings is 1. The summed E-state index contributed by atoms with van der Waals surface area (Å²) in [6.45, 7) is 8.45. The van der Waals surface area contributed by atoms with E-state index in [2.05, 4.69) is 24.3 Å². The van der Waals surface area contributed by atoms with Crippen molar-refractivity contribution in [2.75, 3.05) is 6.61 Å². The molecule has 0 atom stereocenters. The van der Waals surface area contributed by atoms with Gasteiger partial charge in [0.1, 0.15) is 5.71 Å². The lowest BCUT2D eigenvalue weighted by molar-refractivity contribution is -0.134. The molecule has 0 amide bonds. The molecule has 0 aliphatic carbocycles. The molecule has 1 rings (SSSR count). The van der Waals surface area contributed by atoms with Gasteiger partial charge in [-0.2, -0.15) is 0 Å². The van der Waals surface area contributed by atoms with Crippen LogP contribution in [0.2, 0.25) is 19.6 Å². The van der Waals surface area contributed by atoms with Crippen molar-refractivity contribution in [2.24, 2.45) is 4.66 Å². The topological polar surface area (TPSA) is 38.7 Å². The Balaban J connectivity index is 3.12. The van der Waals surface area contributed by atoms with E-state index in [1.807, 2.05) is 30.3 Å². The van der Waals surface area contributed by atoms with Gasteiger partial charge in [-0.05, 0) is 26.6 Å². The molecular formula is C13H19NO2Si. The van der Waals surface area contributed by atoms with Crippen LogP contribution in [0.25, 0.3) is 0 Å². The van der Waals surface area contributed by atoms with E-state index >= 15 is 0 Å². The second kappa shape index (κ2) is 5.77. The van der Waals surface area contributed by atoms with Crippen molar-refractivity contribution in [3.63, 3.8) is 0 Å². The Morgan fingerprint density at radius 3 is 2.29 bits per heavy atom. The van der Waals surface area contributed by atoms with Gasteiger partial charge in [-0.25, -0.2) is 4.79 Å². The maximum atomic E-state index is 11.9. The van der Waals surface area contributed by atoms with E-state index in [1.165, 1.54) is 0 Å². The van der Waals surface area contributed by atoms with E-state index in [-0.39, 0.29) is 5.97 Å². The molecule has 0 spiro atoms. The maximum absolute atomic E-state index is 11.9. The van der Waals surface area contributed by atoms with Gasteiger partial charge >= 0.3 is 5.97 Å². The number of hydrogen-bond donors (Lipinski definition) is 0. The highest BCUT2D eigenvalue weighted by Crippen LogP contribution is 2.09. The van der Waals surface area contributed by atoms with Crippen molar-refractivity contribution >= 4 is 19.9 Å². The second-order valence-corrected chi connectivity index (χ2v) is 9.28. The van der Waals surface area contributed by atoms with Crippen LogP contribution in [0.3, 0.4) is 0 Å². The molecule has 0 heterocycles. The summed E-state index contributed by atoms with van der Waals surface area (Å²) in [5, 5.41) is 0. The molecule has 0 aliphatic rings. The Kier molecular flexibility index (Phi) is 4.63. The summed E-state index contributed by atoms with van der Waals surface area (Å²) in [7, 11) is -1.71. The Bertz CT molecular complexity index is 407. The summed E-state index contributed by atoms with van der Waals surface area (Å²) in [6.07, 6.45) is 0. The SMILES string of the molecule is CCOC(=O)/C(=N\[Si](C)(C)C)c1ccccc1. The van der Waals surface area contributed by atoms with Gasteiger partial charge in [0.15, 0.2) is 8.24 Å². The lowest BCUT2D eigenvalue weighted by atomic mass is 10.1. The molecule has 0 aliphatic heterocycles. The zero-order chi connectivity index (χ0) is 12.9. The van der Waals surface area contributed by atoms with Crippen LogP contribution >= 0.6 is 0 Å². The fourth-order valence-electron chi connectivity index (χ4n) is 1.36. The van der Waals surface area contributed by atoms with E-state index in [0.717, 1.165) is 5.56 Å². The van der Waals surface area contributed by atoms with Gasteiger partial charge in [0.2, 0.25) is 0 Å². The van der Waals surface area contributed by atoms with Gasteiger partial charge in [0.05, 0.1) is 6.61 Å². The Hall–Kier alpha value is -1.42. The van der Waals surface area contributed by atoms with Gasteiger partial charge in [-0.3, -0.25) is 0 Å².